The molecule has 0 heterocycles. The molecule has 3 rings (SSSR count). The van der Waals surface area contributed by atoms with E-state index in [4.69, 9.17) is 11.6 Å². The molecule has 0 saturated carbocycles. The van der Waals surface area contributed by atoms with Crippen molar-refractivity contribution in [3.05, 3.63) is 83.9 Å². The molecule has 0 spiro atoms. The molecule has 1 amide bonds. The third kappa shape index (κ3) is 5.80. The van der Waals surface area contributed by atoms with E-state index in [1.54, 1.807) is 23.5 Å². The van der Waals surface area contributed by atoms with E-state index in [-0.39, 0.29) is 11.2 Å². The summed E-state index contributed by atoms with van der Waals surface area (Å²) >= 11 is 9.15. The smallest absolute Gasteiger partial charge is 0.237 e. The Bertz CT molecular complexity index is 884. The summed E-state index contributed by atoms with van der Waals surface area (Å²) in [6.07, 6.45) is 0.743. The summed E-state index contributed by atoms with van der Waals surface area (Å²) in [7, 11) is 0. The predicted molar refractivity (Wildman–Crippen MR) is 117 cm³/mol. The highest BCUT2D eigenvalue weighted by atomic mass is 35.5. The van der Waals surface area contributed by atoms with Crippen molar-refractivity contribution in [3.63, 3.8) is 0 Å². The topological polar surface area (TPSA) is 29.1 Å². The minimum Gasteiger partial charge on any atom is -0.324 e. The molecule has 0 fully saturated rings. The second kappa shape index (κ2) is 9.88. The van der Waals surface area contributed by atoms with Crippen LogP contribution in [-0.4, -0.2) is 11.2 Å². The SMILES string of the molecule is CC[C@@H](Sc1ccc(Cl)cc1)C(=O)Nc1ccccc1Sc1ccccc1. The van der Waals surface area contributed by atoms with Crippen molar-refractivity contribution >= 4 is 46.7 Å². The number of anilines is 1. The van der Waals surface area contributed by atoms with Crippen molar-refractivity contribution < 1.29 is 4.79 Å². The van der Waals surface area contributed by atoms with Gasteiger partial charge >= 0.3 is 0 Å². The maximum atomic E-state index is 12.9. The molecular weight excluding hydrogens is 394 g/mol. The highest BCUT2D eigenvalue weighted by Gasteiger charge is 2.19. The zero-order chi connectivity index (χ0) is 19.1. The van der Waals surface area contributed by atoms with Crippen molar-refractivity contribution in [2.75, 3.05) is 5.32 Å². The van der Waals surface area contributed by atoms with Gasteiger partial charge in [-0.25, -0.2) is 0 Å². The van der Waals surface area contributed by atoms with E-state index in [2.05, 4.69) is 17.4 Å². The van der Waals surface area contributed by atoms with Crippen LogP contribution in [0.1, 0.15) is 13.3 Å². The van der Waals surface area contributed by atoms with Gasteiger partial charge in [0.05, 0.1) is 10.9 Å². The van der Waals surface area contributed by atoms with E-state index >= 15 is 0 Å². The second-order valence-corrected chi connectivity index (χ2v) is 8.70. The molecule has 1 atom stereocenters. The van der Waals surface area contributed by atoms with E-state index in [1.807, 2.05) is 73.7 Å². The number of para-hydroxylation sites is 1. The minimum absolute atomic E-state index is 0.0126. The molecule has 0 bridgehead atoms. The van der Waals surface area contributed by atoms with Gasteiger partial charge in [-0.2, -0.15) is 0 Å². The largest absolute Gasteiger partial charge is 0.324 e. The molecule has 2 nitrogen and oxygen atoms in total. The average molecular weight is 414 g/mol. The van der Waals surface area contributed by atoms with Crippen molar-refractivity contribution in [2.45, 2.75) is 33.3 Å². The molecule has 138 valence electrons. The van der Waals surface area contributed by atoms with Crippen molar-refractivity contribution in [2.24, 2.45) is 0 Å². The summed E-state index contributed by atoms with van der Waals surface area (Å²) in [5.41, 5.74) is 0.839. The maximum absolute atomic E-state index is 12.9. The average Bonchev–Trinajstić information content (AvgIpc) is 2.70. The Morgan fingerprint density at radius 2 is 1.59 bits per heavy atom. The van der Waals surface area contributed by atoms with Gasteiger partial charge in [-0.15, -0.1) is 11.8 Å². The van der Waals surface area contributed by atoms with Crippen LogP contribution in [-0.2, 0) is 4.79 Å². The quantitative estimate of drug-likeness (QED) is 0.422. The molecule has 0 aliphatic rings. The lowest BCUT2D eigenvalue weighted by atomic mass is 10.2. The van der Waals surface area contributed by atoms with Gasteiger partial charge < -0.3 is 5.32 Å². The Labute approximate surface area is 173 Å². The number of carbonyl (C=O) groups excluding carboxylic acids is 1. The monoisotopic (exact) mass is 413 g/mol. The van der Waals surface area contributed by atoms with Crippen LogP contribution in [0.5, 0.6) is 0 Å². The van der Waals surface area contributed by atoms with Gasteiger partial charge in [0.15, 0.2) is 0 Å². The van der Waals surface area contributed by atoms with Crippen LogP contribution in [0.2, 0.25) is 5.02 Å². The Hall–Kier alpha value is -1.88. The van der Waals surface area contributed by atoms with Crippen LogP contribution in [0.4, 0.5) is 5.69 Å². The number of thioether (sulfide) groups is 1. The van der Waals surface area contributed by atoms with Gasteiger partial charge in [0.2, 0.25) is 5.91 Å². The van der Waals surface area contributed by atoms with Crippen molar-refractivity contribution in [1.29, 1.82) is 0 Å². The molecule has 27 heavy (non-hydrogen) atoms. The first kappa shape index (κ1) is 19.9. The van der Waals surface area contributed by atoms with Gasteiger partial charge in [-0.05, 0) is 55.0 Å². The molecule has 0 aliphatic heterocycles. The van der Waals surface area contributed by atoms with Crippen LogP contribution in [0.3, 0.4) is 0 Å². The lowest BCUT2D eigenvalue weighted by Gasteiger charge is -2.16. The fourth-order valence-corrected chi connectivity index (χ4v) is 4.49. The highest BCUT2D eigenvalue weighted by molar-refractivity contribution is 8.00. The van der Waals surface area contributed by atoms with Gasteiger partial charge in [0.25, 0.3) is 0 Å². The molecule has 0 radical (unpaired) electrons. The first-order valence-electron chi connectivity index (χ1n) is 8.70. The lowest BCUT2D eigenvalue weighted by molar-refractivity contribution is -0.115. The van der Waals surface area contributed by atoms with E-state index in [0.717, 1.165) is 26.8 Å². The summed E-state index contributed by atoms with van der Waals surface area (Å²) in [5.74, 6) is 0.0126. The molecule has 5 heteroatoms. The normalized spacial score (nSPS) is 11.8. The Kier molecular flexibility index (Phi) is 7.27. The van der Waals surface area contributed by atoms with E-state index in [9.17, 15) is 4.79 Å². The van der Waals surface area contributed by atoms with Gasteiger partial charge in [0, 0.05) is 19.7 Å². The number of halogens is 1. The number of benzene rings is 3. The standard InChI is InChI=1S/C22H20ClNOS2/c1-2-20(26-18-14-12-16(23)13-15-18)22(25)24-19-10-6-7-11-21(19)27-17-8-4-3-5-9-17/h3-15,20H,2H2,1H3,(H,24,25)/t20-/m1/s1. The van der Waals surface area contributed by atoms with Gasteiger partial charge in [-0.1, -0.05) is 60.6 Å². The van der Waals surface area contributed by atoms with Gasteiger partial charge in [0.1, 0.15) is 0 Å². The van der Waals surface area contributed by atoms with Crippen LogP contribution in [0.25, 0.3) is 0 Å². The second-order valence-electron chi connectivity index (χ2n) is 5.87. The molecular formula is C22H20ClNOS2. The Morgan fingerprint density at radius 3 is 2.30 bits per heavy atom. The molecule has 3 aromatic rings. The summed E-state index contributed by atoms with van der Waals surface area (Å²) in [6.45, 7) is 2.03. The summed E-state index contributed by atoms with van der Waals surface area (Å²) < 4.78 is 0. The van der Waals surface area contributed by atoms with Crippen molar-refractivity contribution in [3.8, 4) is 0 Å². The summed E-state index contributed by atoms with van der Waals surface area (Å²) in [5, 5.41) is 3.64. The number of nitrogens with one attached hydrogen (secondary N) is 1. The minimum atomic E-state index is -0.166. The number of hydrogen-bond acceptors (Lipinski definition) is 3. The zero-order valence-electron chi connectivity index (χ0n) is 14.9. The number of amides is 1. The lowest BCUT2D eigenvalue weighted by Crippen LogP contribution is -2.24. The molecule has 3 aromatic carbocycles. The third-order valence-electron chi connectivity index (χ3n) is 3.87. The third-order valence-corrected chi connectivity index (χ3v) is 6.58. The fraction of sp³-hybridized carbons (Fsp3) is 0.136. The predicted octanol–water partition coefficient (Wildman–Crippen LogP) is 7.00. The Balaban J connectivity index is 1.71. The highest BCUT2D eigenvalue weighted by Crippen LogP contribution is 2.34. The molecule has 0 aromatic heterocycles. The summed E-state index contributed by atoms with van der Waals surface area (Å²) in [6, 6.07) is 25.6. The molecule has 0 saturated heterocycles. The van der Waals surface area contributed by atoms with Crippen LogP contribution < -0.4 is 5.32 Å². The van der Waals surface area contributed by atoms with E-state index < -0.39 is 0 Å². The van der Waals surface area contributed by atoms with Gasteiger partial charge in [-0.3, -0.25) is 4.79 Å². The fourth-order valence-electron chi connectivity index (χ4n) is 2.49. The van der Waals surface area contributed by atoms with E-state index in [1.165, 1.54) is 0 Å². The van der Waals surface area contributed by atoms with E-state index in [0.29, 0.717) is 5.02 Å². The molecule has 1 N–H and O–H groups in total. The first-order chi connectivity index (χ1) is 13.2. The van der Waals surface area contributed by atoms with Crippen LogP contribution in [0, 0.1) is 0 Å². The molecule has 0 unspecified atom stereocenters. The van der Waals surface area contributed by atoms with Crippen LogP contribution >= 0.6 is 35.1 Å². The van der Waals surface area contributed by atoms with Crippen molar-refractivity contribution in [1.82, 2.24) is 0 Å². The Morgan fingerprint density at radius 1 is 0.926 bits per heavy atom. The molecule has 0 aliphatic carbocycles. The maximum Gasteiger partial charge on any atom is 0.237 e. The zero-order valence-corrected chi connectivity index (χ0v) is 17.3. The first-order valence-corrected chi connectivity index (χ1v) is 10.8. The number of carbonyl (C=O) groups is 1. The summed E-state index contributed by atoms with van der Waals surface area (Å²) in [4.78, 5) is 16.1. The number of hydrogen-bond donors (Lipinski definition) is 1. The van der Waals surface area contributed by atoms with Crippen LogP contribution in [0.15, 0.2) is 93.5 Å². The number of rotatable bonds is 7.